The number of nitrogens with zero attached hydrogens (tertiary/aromatic N) is 2. The molecule has 21 heavy (non-hydrogen) atoms. The molecule has 1 aromatic heterocycles. The zero-order valence-electron chi connectivity index (χ0n) is 11.5. The summed E-state index contributed by atoms with van der Waals surface area (Å²) in [5, 5.41) is 12.8. The lowest BCUT2D eigenvalue weighted by Crippen LogP contribution is -2.02. The number of carboxylic acids is 1. The molecule has 0 bridgehead atoms. The number of benzene rings is 1. The maximum Gasteiger partial charge on any atom is 0.356 e. The first-order valence-electron chi connectivity index (χ1n) is 5.78. The molecular weight excluding hydrogens is 347 g/mol. The van der Waals surface area contributed by atoms with Crippen molar-refractivity contribution in [3.05, 3.63) is 28.1 Å². The van der Waals surface area contributed by atoms with Crippen molar-refractivity contribution in [2.75, 3.05) is 14.2 Å². The highest BCUT2D eigenvalue weighted by molar-refractivity contribution is 9.10. The summed E-state index contributed by atoms with van der Waals surface area (Å²) in [5.74, 6) is -1.31. The van der Waals surface area contributed by atoms with Gasteiger partial charge in [-0.25, -0.2) is 9.18 Å². The Hall–Kier alpha value is -2.09. The van der Waals surface area contributed by atoms with E-state index >= 15 is 0 Å². The van der Waals surface area contributed by atoms with Gasteiger partial charge in [0.15, 0.2) is 17.2 Å². The first kappa shape index (κ1) is 15.3. The molecule has 6 nitrogen and oxygen atoms in total. The van der Waals surface area contributed by atoms with Gasteiger partial charge in [-0.1, -0.05) is 0 Å². The summed E-state index contributed by atoms with van der Waals surface area (Å²) in [6.07, 6.45) is 0. The number of halogens is 2. The minimum atomic E-state index is -1.19. The molecular formula is C13H12BrFN2O4. The highest BCUT2D eigenvalue weighted by Crippen LogP contribution is 2.44. The predicted octanol–water partition coefficient (Wildman–Crippen LogP) is 2.70. The van der Waals surface area contributed by atoms with Crippen LogP contribution in [0.1, 0.15) is 10.5 Å². The van der Waals surface area contributed by atoms with Crippen molar-refractivity contribution in [1.29, 1.82) is 0 Å². The first-order valence-corrected chi connectivity index (χ1v) is 6.57. The average Bonchev–Trinajstić information content (AvgIpc) is 2.80. The van der Waals surface area contributed by atoms with Crippen LogP contribution in [0.4, 0.5) is 4.39 Å². The van der Waals surface area contributed by atoms with Gasteiger partial charge in [0.1, 0.15) is 5.82 Å². The summed E-state index contributed by atoms with van der Waals surface area (Å²) in [6, 6.07) is 2.50. The Bertz CT molecular complexity index is 715. The lowest BCUT2D eigenvalue weighted by molar-refractivity contribution is 0.0689. The van der Waals surface area contributed by atoms with Gasteiger partial charge in [-0.15, -0.1) is 0 Å². The quantitative estimate of drug-likeness (QED) is 0.909. The standard InChI is InChI=1S/C13H12BrFN2O4/c1-17-9(5-8(16-17)13(18)19)10-7(15)4-6(14)11(20-2)12(10)21-3/h4-5H,1-3H3,(H,18,19). The van der Waals surface area contributed by atoms with E-state index in [1.54, 1.807) is 0 Å². The number of aryl methyl sites for hydroxylation is 1. The summed E-state index contributed by atoms with van der Waals surface area (Å²) in [7, 11) is 4.33. The smallest absolute Gasteiger partial charge is 0.356 e. The van der Waals surface area contributed by atoms with Gasteiger partial charge in [0.2, 0.25) is 0 Å². The van der Waals surface area contributed by atoms with Gasteiger partial charge >= 0.3 is 5.97 Å². The second-order valence-electron chi connectivity index (χ2n) is 4.13. The lowest BCUT2D eigenvalue weighted by atomic mass is 10.1. The molecule has 0 aliphatic rings. The fraction of sp³-hybridized carbons (Fsp3) is 0.231. The van der Waals surface area contributed by atoms with Gasteiger partial charge in [0, 0.05) is 7.05 Å². The summed E-state index contributed by atoms with van der Waals surface area (Å²) < 4.78 is 26.4. The number of aromatic nitrogens is 2. The summed E-state index contributed by atoms with van der Waals surface area (Å²) in [4.78, 5) is 11.0. The maximum atomic E-state index is 14.3. The van der Waals surface area contributed by atoms with E-state index < -0.39 is 11.8 Å². The van der Waals surface area contributed by atoms with E-state index in [2.05, 4.69) is 21.0 Å². The minimum Gasteiger partial charge on any atom is -0.492 e. The van der Waals surface area contributed by atoms with Crippen molar-refractivity contribution in [3.8, 4) is 22.8 Å². The van der Waals surface area contributed by atoms with Crippen LogP contribution < -0.4 is 9.47 Å². The Kier molecular flexibility index (Phi) is 4.17. The summed E-state index contributed by atoms with van der Waals surface area (Å²) in [5.41, 5.74) is 0.170. The fourth-order valence-corrected chi connectivity index (χ4v) is 2.55. The monoisotopic (exact) mass is 358 g/mol. The molecule has 0 unspecified atom stereocenters. The van der Waals surface area contributed by atoms with Gasteiger partial charge in [-0.2, -0.15) is 5.10 Å². The lowest BCUT2D eigenvalue weighted by Gasteiger charge is -2.15. The molecule has 1 N–H and O–H groups in total. The zero-order chi connectivity index (χ0) is 15.7. The van der Waals surface area contributed by atoms with Crippen molar-refractivity contribution in [2.24, 2.45) is 7.05 Å². The van der Waals surface area contributed by atoms with Crippen molar-refractivity contribution < 1.29 is 23.8 Å². The van der Waals surface area contributed by atoms with Crippen LogP contribution in [0.15, 0.2) is 16.6 Å². The largest absolute Gasteiger partial charge is 0.492 e. The SMILES string of the molecule is COc1c(Br)cc(F)c(-c2cc(C(=O)O)nn2C)c1OC. The minimum absolute atomic E-state index is 0.0834. The Morgan fingerprint density at radius 3 is 2.43 bits per heavy atom. The number of rotatable bonds is 4. The highest BCUT2D eigenvalue weighted by atomic mass is 79.9. The van der Waals surface area contributed by atoms with Crippen molar-refractivity contribution in [2.45, 2.75) is 0 Å². The van der Waals surface area contributed by atoms with Crippen LogP contribution >= 0.6 is 15.9 Å². The van der Waals surface area contributed by atoms with Crippen LogP contribution in [-0.2, 0) is 7.05 Å². The van der Waals surface area contributed by atoms with E-state index in [1.807, 2.05) is 0 Å². The average molecular weight is 359 g/mol. The van der Waals surface area contributed by atoms with Gasteiger partial charge in [-0.3, -0.25) is 4.68 Å². The highest BCUT2D eigenvalue weighted by Gasteiger charge is 2.24. The molecule has 8 heteroatoms. The number of hydrogen-bond acceptors (Lipinski definition) is 4. The summed E-state index contributed by atoms with van der Waals surface area (Å²) >= 11 is 3.19. The number of aromatic carboxylic acids is 1. The third-order valence-corrected chi connectivity index (χ3v) is 3.49. The van der Waals surface area contributed by atoms with Crippen LogP contribution in [0.5, 0.6) is 11.5 Å². The molecule has 0 aliphatic heterocycles. The van der Waals surface area contributed by atoms with Gasteiger partial charge in [0.05, 0.1) is 29.9 Å². The van der Waals surface area contributed by atoms with Crippen molar-refractivity contribution in [3.63, 3.8) is 0 Å². The molecule has 0 radical (unpaired) electrons. The van der Waals surface area contributed by atoms with E-state index in [9.17, 15) is 9.18 Å². The van der Waals surface area contributed by atoms with Crippen LogP contribution in [-0.4, -0.2) is 35.1 Å². The normalized spacial score (nSPS) is 10.5. The van der Waals surface area contributed by atoms with Gasteiger partial charge < -0.3 is 14.6 Å². The molecule has 0 saturated carbocycles. The number of carbonyl (C=O) groups is 1. The van der Waals surface area contributed by atoms with Crippen LogP contribution in [0, 0.1) is 5.82 Å². The van der Waals surface area contributed by atoms with Crippen LogP contribution in [0.2, 0.25) is 0 Å². The molecule has 0 aliphatic carbocycles. The maximum absolute atomic E-state index is 14.3. The molecule has 0 saturated heterocycles. The third kappa shape index (κ3) is 2.58. The Morgan fingerprint density at radius 1 is 1.33 bits per heavy atom. The van der Waals surface area contributed by atoms with E-state index in [0.29, 0.717) is 10.2 Å². The van der Waals surface area contributed by atoms with Crippen molar-refractivity contribution >= 4 is 21.9 Å². The predicted molar refractivity (Wildman–Crippen MR) is 76.4 cm³/mol. The molecule has 0 spiro atoms. The van der Waals surface area contributed by atoms with Gasteiger partial charge in [0.25, 0.3) is 0 Å². The number of hydrogen-bond donors (Lipinski definition) is 1. The number of methoxy groups -OCH3 is 2. The number of carboxylic acid groups (broad SMARTS) is 1. The van der Waals surface area contributed by atoms with Crippen LogP contribution in [0.3, 0.4) is 0 Å². The van der Waals surface area contributed by atoms with E-state index in [0.717, 1.165) is 0 Å². The molecule has 1 heterocycles. The topological polar surface area (TPSA) is 73.6 Å². The molecule has 1 aromatic carbocycles. The van der Waals surface area contributed by atoms with Gasteiger partial charge in [-0.05, 0) is 28.1 Å². The molecule has 0 fully saturated rings. The van der Waals surface area contributed by atoms with Crippen molar-refractivity contribution in [1.82, 2.24) is 9.78 Å². The molecule has 2 rings (SSSR count). The second kappa shape index (κ2) is 5.72. The van der Waals surface area contributed by atoms with E-state index in [1.165, 1.54) is 38.1 Å². The Labute approximate surface area is 128 Å². The molecule has 0 amide bonds. The third-order valence-electron chi connectivity index (χ3n) is 2.91. The zero-order valence-corrected chi connectivity index (χ0v) is 13.1. The van der Waals surface area contributed by atoms with E-state index in [4.69, 9.17) is 14.6 Å². The molecule has 112 valence electrons. The Morgan fingerprint density at radius 2 is 1.95 bits per heavy atom. The fourth-order valence-electron chi connectivity index (χ4n) is 2.01. The van der Waals surface area contributed by atoms with E-state index in [-0.39, 0.29) is 22.7 Å². The molecule has 0 atom stereocenters. The summed E-state index contributed by atoms with van der Waals surface area (Å²) in [6.45, 7) is 0. The second-order valence-corrected chi connectivity index (χ2v) is 4.98. The Balaban J connectivity index is 2.77. The molecule has 2 aromatic rings. The first-order chi connectivity index (χ1) is 9.90. The van der Waals surface area contributed by atoms with Crippen LogP contribution in [0.25, 0.3) is 11.3 Å². The number of ether oxygens (including phenoxy) is 2.